The van der Waals surface area contributed by atoms with E-state index in [1.165, 1.54) is 31.1 Å². The first-order valence-electron chi connectivity index (χ1n) is 8.92. The Kier molecular flexibility index (Phi) is 5.71. The highest BCUT2D eigenvalue weighted by Gasteiger charge is 2.34. The molecule has 1 aromatic carbocycles. The van der Waals surface area contributed by atoms with E-state index in [2.05, 4.69) is 10.6 Å². The molecule has 0 bridgehead atoms. The third-order valence-corrected chi connectivity index (χ3v) is 5.08. The van der Waals surface area contributed by atoms with E-state index < -0.39 is 0 Å². The molecule has 5 nitrogen and oxygen atoms in total. The van der Waals surface area contributed by atoms with Gasteiger partial charge in [0.05, 0.1) is 18.4 Å². The van der Waals surface area contributed by atoms with E-state index in [-0.39, 0.29) is 29.6 Å². The normalized spacial score (nSPS) is 16.0. The van der Waals surface area contributed by atoms with Crippen molar-refractivity contribution in [2.75, 3.05) is 13.1 Å². The number of amides is 2. The van der Waals surface area contributed by atoms with Crippen LogP contribution >= 0.6 is 0 Å². The van der Waals surface area contributed by atoms with Gasteiger partial charge in [0, 0.05) is 12.0 Å². The molecule has 1 fully saturated rings. The van der Waals surface area contributed by atoms with Crippen molar-refractivity contribution in [1.82, 2.24) is 10.6 Å². The van der Waals surface area contributed by atoms with Crippen LogP contribution in [-0.4, -0.2) is 24.9 Å². The number of hydrogen-bond donors (Lipinski definition) is 2. The van der Waals surface area contributed by atoms with Crippen molar-refractivity contribution in [1.29, 1.82) is 0 Å². The highest BCUT2D eigenvalue weighted by molar-refractivity contribution is 5.96. The highest BCUT2D eigenvalue weighted by Crippen LogP contribution is 2.39. The summed E-state index contributed by atoms with van der Waals surface area (Å²) in [6.45, 7) is 0.391. The fourth-order valence-corrected chi connectivity index (χ4v) is 3.59. The quantitative estimate of drug-likeness (QED) is 0.833. The summed E-state index contributed by atoms with van der Waals surface area (Å²) in [6.07, 6.45) is 8.01. The van der Waals surface area contributed by atoms with Gasteiger partial charge in [0.25, 0.3) is 5.91 Å². The first-order valence-corrected chi connectivity index (χ1v) is 8.92. The Morgan fingerprint density at radius 2 is 1.77 bits per heavy atom. The number of furan rings is 1. The summed E-state index contributed by atoms with van der Waals surface area (Å²) in [4.78, 5) is 24.0. The summed E-state index contributed by atoms with van der Waals surface area (Å²) < 4.78 is 18.1. The van der Waals surface area contributed by atoms with Crippen LogP contribution in [0.25, 0.3) is 0 Å². The molecule has 2 aromatic rings. The zero-order valence-electron chi connectivity index (χ0n) is 14.6. The van der Waals surface area contributed by atoms with Crippen molar-refractivity contribution in [2.45, 2.75) is 37.5 Å². The van der Waals surface area contributed by atoms with Gasteiger partial charge in [0.1, 0.15) is 12.1 Å². The maximum absolute atomic E-state index is 13.3. The van der Waals surface area contributed by atoms with E-state index in [4.69, 9.17) is 4.42 Å². The van der Waals surface area contributed by atoms with Crippen molar-refractivity contribution >= 4 is 11.8 Å². The Morgan fingerprint density at radius 3 is 2.42 bits per heavy atom. The van der Waals surface area contributed by atoms with Gasteiger partial charge in [0.2, 0.25) is 5.91 Å². The Labute approximate surface area is 152 Å². The third-order valence-electron chi connectivity index (χ3n) is 5.08. The first kappa shape index (κ1) is 18.2. The lowest BCUT2D eigenvalue weighted by molar-refractivity contribution is -0.120. The van der Waals surface area contributed by atoms with Crippen LogP contribution in [0, 0.1) is 5.82 Å². The fraction of sp³-hybridized carbons (Fsp3) is 0.400. The molecule has 0 saturated heterocycles. The van der Waals surface area contributed by atoms with Gasteiger partial charge in [-0.15, -0.1) is 0 Å². The Hall–Kier alpha value is -2.63. The number of rotatable bonds is 6. The lowest BCUT2D eigenvalue weighted by Crippen LogP contribution is -2.45. The van der Waals surface area contributed by atoms with Gasteiger partial charge >= 0.3 is 0 Å². The van der Waals surface area contributed by atoms with Gasteiger partial charge in [-0.1, -0.05) is 31.4 Å². The predicted molar refractivity (Wildman–Crippen MR) is 95.2 cm³/mol. The van der Waals surface area contributed by atoms with E-state index in [0.717, 1.165) is 31.2 Å². The van der Waals surface area contributed by atoms with Gasteiger partial charge < -0.3 is 15.1 Å². The van der Waals surface area contributed by atoms with Crippen molar-refractivity contribution in [3.8, 4) is 0 Å². The van der Waals surface area contributed by atoms with E-state index in [1.54, 1.807) is 6.07 Å². The molecule has 1 aliphatic rings. The van der Waals surface area contributed by atoms with Crippen molar-refractivity contribution in [3.05, 3.63) is 59.8 Å². The minimum absolute atomic E-state index is 0.0937. The van der Waals surface area contributed by atoms with E-state index in [1.807, 2.05) is 12.1 Å². The average Bonchev–Trinajstić information content (AvgIpc) is 3.20. The largest absolute Gasteiger partial charge is 0.472 e. The molecule has 0 spiro atoms. The molecule has 2 N–H and O–H groups in total. The van der Waals surface area contributed by atoms with Crippen LogP contribution in [0.4, 0.5) is 4.39 Å². The molecular formula is C20H23FN2O3. The Bertz CT molecular complexity index is 735. The predicted octanol–water partition coefficient (Wildman–Crippen LogP) is 3.17. The number of halogens is 1. The van der Waals surface area contributed by atoms with Gasteiger partial charge in [-0.05, 0) is 36.6 Å². The van der Waals surface area contributed by atoms with Crippen LogP contribution in [0.2, 0.25) is 0 Å². The summed E-state index contributed by atoms with van der Waals surface area (Å²) in [5.41, 5.74) is 1.27. The van der Waals surface area contributed by atoms with Crippen LogP contribution in [0.5, 0.6) is 0 Å². The molecule has 2 amide bonds. The maximum Gasteiger partial charge on any atom is 0.254 e. The van der Waals surface area contributed by atoms with Crippen LogP contribution in [-0.2, 0) is 10.2 Å². The van der Waals surface area contributed by atoms with Gasteiger partial charge in [0.15, 0.2) is 0 Å². The summed E-state index contributed by atoms with van der Waals surface area (Å²) >= 11 is 0. The minimum Gasteiger partial charge on any atom is -0.472 e. The van der Waals surface area contributed by atoms with Crippen LogP contribution in [0.3, 0.4) is 0 Å². The second-order valence-corrected chi connectivity index (χ2v) is 6.82. The van der Waals surface area contributed by atoms with Crippen LogP contribution < -0.4 is 10.6 Å². The number of benzene rings is 1. The van der Waals surface area contributed by atoms with Gasteiger partial charge in [-0.3, -0.25) is 9.59 Å². The number of carbonyl (C=O) groups is 2. The zero-order chi connectivity index (χ0) is 18.4. The van der Waals surface area contributed by atoms with Gasteiger partial charge in [-0.25, -0.2) is 4.39 Å². The zero-order valence-corrected chi connectivity index (χ0v) is 14.6. The summed E-state index contributed by atoms with van der Waals surface area (Å²) in [6, 6.07) is 8.11. The smallest absolute Gasteiger partial charge is 0.254 e. The highest BCUT2D eigenvalue weighted by atomic mass is 19.1. The molecule has 0 aliphatic heterocycles. The number of carbonyl (C=O) groups excluding carboxylic acids is 2. The molecule has 0 radical (unpaired) electrons. The second kappa shape index (κ2) is 8.17. The summed E-state index contributed by atoms with van der Waals surface area (Å²) in [7, 11) is 0. The molecule has 1 saturated carbocycles. The average molecular weight is 358 g/mol. The fourth-order valence-electron chi connectivity index (χ4n) is 3.59. The third kappa shape index (κ3) is 4.31. The Morgan fingerprint density at radius 1 is 1.04 bits per heavy atom. The van der Waals surface area contributed by atoms with Gasteiger partial charge in [-0.2, -0.15) is 0 Å². The maximum atomic E-state index is 13.3. The molecule has 0 unspecified atom stereocenters. The van der Waals surface area contributed by atoms with Crippen molar-refractivity contribution in [3.63, 3.8) is 0 Å². The standard InChI is InChI=1S/C20H23FN2O3/c21-17-6-4-16(5-7-17)20(9-2-1-3-10-20)14-23-18(24)12-22-19(25)15-8-11-26-13-15/h4-8,11,13H,1-3,9-10,12,14H2,(H,22,25)(H,23,24). The molecule has 26 heavy (non-hydrogen) atoms. The molecule has 6 heteroatoms. The minimum atomic E-state index is -0.347. The Balaban J connectivity index is 1.58. The van der Waals surface area contributed by atoms with Crippen molar-refractivity contribution in [2.24, 2.45) is 0 Å². The van der Waals surface area contributed by atoms with Crippen LogP contribution in [0.15, 0.2) is 47.3 Å². The topological polar surface area (TPSA) is 71.3 Å². The van der Waals surface area contributed by atoms with Crippen molar-refractivity contribution < 1.29 is 18.4 Å². The molecule has 0 atom stereocenters. The number of hydrogen-bond acceptors (Lipinski definition) is 3. The first-order chi connectivity index (χ1) is 12.6. The summed E-state index contributed by atoms with van der Waals surface area (Å²) in [5.74, 6) is -0.848. The second-order valence-electron chi connectivity index (χ2n) is 6.82. The van der Waals surface area contributed by atoms with E-state index >= 15 is 0 Å². The lowest BCUT2D eigenvalue weighted by Gasteiger charge is -2.38. The van der Waals surface area contributed by atoms with E-state index in [9.17, 15) is 14.0 Å². The molecule has 138 valence electrons. The lowest BCUT2D eigenvalue weighted by atomic mass is 9.69. The van der Waals surface area contributed by atoms with Crippen LogP contribution in [0.1, 0.15) is 48.0 Å². The summed E-state index contributed by atoms with van der Waals surface area (Å²) in [5, 5.41) is 5.51. The SMILES string of the molecule is O=C(CNC(=O)c1ccoc1)NCC1(c2ccc(F)cc2)CCCCC1. The monoisotopic (exact) mass is 358 g/mol. The molecule has 3 rings (SSSR count). The molecular weight excluding hydrogens is 335 g/mol. The van der Waals surface area contributed by atoms with E-state index in [0.29, 0.717) is 12.1 Å². The molecule has 1 aromatic heterocycles. The molecule has 1 aliphatic carbocycles. The molecule has 1 heterocycles. The number of nitrogens with one attached hydrogen (secondary N) is 2.